The van der Waals surface area contributed by atoms with Crippen molar-refractivity contribution in [3.63, 3.8) is 0 Å². The largest absolute Gasteiger partial charge is 0.353 e. The van der Waals surface area contributed by atoms with Gasteiger partial charge in [-0.1, -0.05) is 0 Å². The van der Waals surface area contributed by atoms with Crippen molar-refractivity contribution in [3.05, 3.63) is 35.9 Å². The fourth-order valence-corrected chi connectivity index (χ4v) is 1.73. The zero-order chi connectivity index (χ0) is 15.2. The molecular formula is C13H18N6O2. The van der Waals surface area contributed by atoms with E-state index in [1.54, 1.807) is 28.7 Å². The molecule has 0 spiro atoms. The second kappa shape index (κ2) is 6.69. The first-order valence-electron chi connectivity index (χ1n) is 6.59. The molecule has 0 saturated carbocycles. The molecule has 2 rings (SSSR count). The summed E-state index contributed by atoms with van der Waals surface area (Å²) in [6, 6.07) is 3.49. The van der Waals surface area contributed by atoms with Crippen LogP contribution in [0.5, 0.6) is 0 Å². The average Bonchev–Trinajstić information content (AvgIpc) is 3.07. The maximum atomic E-state index is 11.8. The number of rotatable bonds is 6. The van der Waals surface area contributed by atoms with Gasteiger partial charge >= 0.3 is 0 Å². The second-order valence-corrected chi connectivity index (χ2v) is 4.60. The van der Waals surface area contributed by atoms with Gasteiger partial charge in [-0.15, -0.1) is 0 Å². The third-order valence-electron chi connectivity index (χ3n) is 2.98. The van der Waals surface area contributed by atoms with E-state index < -0.39 is 0 Å². The van der Waals surface area contributed by atoms with Crippen molar-refractivity contribution in [2.45, 2.75) is 13.5 Å². The van der Waals surface area contributed by atoms with Gasteiger partial charge in [0.15, 0.2) is 0 Å². The number of carbonyl (C=O) groups excluding carboxylic acids is 2. The lowest BCUT2D eigenvalue weighted by Gasteiger charge is -2.06. The molecule has 2 amide bonds. The number of nitrogens with one attached hydrogen (secondary N) is 2. The van der Waals surface area contributed by atoms with E-state index in [0.29, 0.717) is 18.8 Å². The Bertz CT molecular complexity index is 597. The van der Waals surface area contributed by atoms with E-state index >= 15 is 0 Å². The van der Waals surface area contributed by atoms with Gasteiger partial charge in [0.25, 0.3) is 5.91 Å². The SMILES string of the molecule is Cc1cc(C(=O)NCC(=O)NCCn2cccn2)nn1C. The van der Waals surface area contributed by atoms with Crippen molar-refractivity contribution in [3.8, 4) is 0 Å². The van der Waals surface area contributed by atoms with Crippen LogP contribution >= 0.6 is 0 Å². The maximum absolute atomic E-state index is 11.8. The van der Waals surface area contributed by atoms with Crippen molar-refractivity contribution in [2.24, 2.45) is 7.05 Å². The topological polar surface area (TPSA) is 93.8 Å². The fraction of sp³-hybridized carbons (Fsp3) is 0.385. The van der Waals surface area contributed by atoms with Crippen molar-refractivity contribution in [1.29, 1.82) is 0 Å². The summed E-state index contributed by atoms with van der Waals surface area (Å²) in [7, 11) is 1.76. The van der Waals surface area contributed by atoms with Crippen LogP contribution in [0.3, 0.4) is 0 Å². The summed E-state index contributed by atoms with van der Waals surface area (Å²) in [6.07, 6.45) is 3.49. The van der Waals surface area contributed by atoms with Gasteiger partial charge in [-0.2, -0.15) is 10.2 Å². The summed E-state index contributed by atoms with van der Waals surface area (Å²) in [6.45, 7) is 2.82. The van der Waals surface area contributed by atoms with Crippen LogP contribution in [0.1, 0.15) is 16.2 Å². The van der Waals surface area contributed by atoms with E-state index in [9.17, 15) is 9.59 Å². The average molecular weight is 290 g/mol. The molecular weight excluding hydrogens is 272 g/mol. The molecule has 8 nitrogen and oxygen atoms in total. The molecule has 112 valence electrons. The molecule has 2 heterocycles. The number of aryl methyl sites for hydroxylation is 2. The van der Waals surface area contributed by atoms with Crippen molar-refractivity contribution in [2.75, 3.05) is 13.1 Å². The van der Waals surface area contributed by atoms with E-state index in [-0.39, 0.29) is 18.4 Å². The van der Waals surface area contributed by atoms with Crippen LogP contribution in [0.4, 0.5) is 0 Å². The molecule has 2 N–H and O–H groups in total. The summed E-state index contributed by atoms with van der Waals surface area (Å²) >= 11 is 0. The Kier molecular flexibility index (Phi) is 4.70. The molecule has 8 heteroatoms. The van der Waals surface area contributed by atoms with Gasteiger partial charge in [0, 0.05) is 31.7 Å². The molecule has 0 aliphatic rings. The first kappa shape index (κ1) is 14.8. The quantitative estimate of drug-likeness (QED) is 0.748. The Labute approximate surface area is 122 Å². The van der Waals surface area contributed by atoms with Crippen LogP contribution in [-0.2, 0) is 18.4 Å². The minimum Gasteiger partial charge on any atom is -0.353 e. The van der Waals surface area contributed by atoms with Crippen molar-refractivity contribution < 1.29 is 9.59 Å². The summed E-state index contributed by atoms with van der Waals surface area (Å²) in [5.41, 5.74) is 1.18. The van der Waals surface area contributed by atoms with Crippen LogP contribution in [0.15, 0.2) is 24.5 Å². The summed E-state index contributed by atoms with van der Waals surface area (Å²) < 4.78 is 3.33. The Morgan fingerprint density at radius 3 is 2.76 bits per heavy atom. The van der Waals surface area contributed by atoms with Gasteiger partial charge in [0.2, 0.25) is 5.91 Å². The normalized spacial score (nSPS) is 10.4. The Morgan fingerprint density at radius 2 is 2.14 bits per heavy atom. The monoisotopic (exact) mass is 290 g/mol. The molecule has 0 radical (unpaired) electrons. The van der Waals surface area contributed by atoms with E-state index in [4.69, 9.17) is 0 Å². The predicted molar refractivity (Wildman–Crippen MR) is 75.5 cm³/mol. The third-order valence-corrected chi connectivity index (χ3v) is 2.98. The van der Waals surface area contributed by atoms with Crippen LogP contribution in [0, 0.1) is 6.92 Å². The molecule has 0 saturated heterocycles. The van der Waals surface area contributed by atoms with E-state index in [1.165, 1.54) is 0 Å². The molecule has 0 aliphatic heterocycles. The minimum absolute atomic E-state index is 0.0758. The second-order valence-electron chi connectivity index (χ2n) is 4.60. The molecule has 0 aliphatic carbocycles. The smallest absolute Gasteiger partial charge is 0.272 e. The van der Waals surface area contributed by atoms with E-state index in [2.05, 4.69) is 20.8 Å². The standard InChI is InChI=1S/C13H18N6O2/c1-10-8-11(17-18(10)2)13(21)15-9-12(20)14-5-7-19-6-3-4-16-19/h3-4,6,8H,5,7,9H2,1-2H3,(H,14,20)(H,15,21). The highest BCUT2D eigenvalue weighted by Crippen LogP contribution is 2.00. The van der Waals surface area contributed by atoms with Gasteiger partial charge in [-0.3, -0.25) is 19.0 Å². The molecule has 21 heavy (non-hydrogen) atoms. The number of carbonyl (C=O) groups is 2. The van der Waals surface area contributed by atoms with Crippen LogP contribution in [-0.4, -0.2) is 44.5 Å². The predicted octanol–water partition coefficient (Wildman–Crippen LogP) is -0.529. The highest BCUT2D eigenvalue weighted by molar-refractivity contribution is 5.94. The Balaban J connectivity index is 1.69. The Hall–Kier alpha value is -2.64. The fourth-order valence-electron chi connectivity index (χ4n) is 1.73. The Morgan fingerprint density at radius 1 is 1.33 bits per heavy atom. The first-order chi connectivity index (χ1) is 10.1. The number of hydrogen-bond donors (Lipinski definition) is 2. The van der Waals surface area contributed by atoms with Crippen molar-refractivity contribution >= 4 is 11.8 Å². The summed E-state index contributed by atoms with van der Waals surface area (Å²) in [4.78, 5) is 23.4. The molecule has 0 bridgehead atoms. The summed E-state index contributed by atoms with van der Waals surface area (Å²) in [5.74, 6) is -0.607. The summed E-state index contributed by atoms with van der Waals surface area (Å²) in [5, 5.41) is 13.3. The number of aromatic nitrogens is 4. The van der Waals surface area contributed by atoms with Crippen LogP contribution in [0.25, 0.3) is 0 Å². The molecule has 2 aromatic heterocycles. The number of amides is 2. The van der Waals surface area contributed by atoms with Gasteiger partial charge in [-0.25, -0.2) is 0 Å². The lowest BCUT2D eigenvalue weighted by atomic mass is 10.3. The number of hydrogen-bond acceptors (Lipinski definition) is 4. The van der Waals surface area contributed by atoms with Crippen LogP contribution in [0.2, 0.25) is 0 Å². The molecule has 0 aromatic carbocycles. The maximum Gasteiger partial charge on any atom is 0.272 e. The third kappa shape index (κ3) is 4.16. The lowest BCUT2D eigenvalue weighted by molar-refractivity contribution is -0.120. The van der Waals surface area contributed by atoms with E-state index in [0.717, 1.165) is 5.69 Å². The minimum atomic E-state index is -0.360. The highest BCUT2D eigenvalue weighted by Gasteiger charge is 2.11. The molecule has 0 atom stereocenters. The molecule has 0 fully saturated rings. The van der Waals surface area contributed by atoms with E-state index in [1.807, 2.05) is 19.2 Å². The molecule has 2 aromatic rings. The van der Waals surface area contributed by atoms with Crippen LogP contribution < -0.4 is 10.6 Å². The molecule has 0 unspecified atom stereocenters. The highest BCUT2D eigenvalue weighted by atomic mass is 16.2. The van der Waals surface area contributed by atoms with Gasteiger partial charge in [-0.05, 0) is 19.1 Å². The zero-order valence-corrected chi connectivity index (χ0v) is 12.0. The van der Waals surface area contributed by atoms with Crippen molar-refractivity contribution in [1.82, 2.24) is 30.2 Å². The zero-order valence-electron chi connectivity index (χ0n) is 12.0. The number of nitrogens with zero attached hydrogens (tertiary/aromatic N) is 4. The first-order valence-corrected chi connectivity index (χ1v) is 6.59. The van der Waals surface area contributed by atoms with Gasteiger partial charge in [0.05, 0.1) is 13.1 Å². The van der Waals surface area contributed by atoms with Gasteiger partial charge in [0.1, 0.15) is 5.69 Å². The lowest BCUT2D eigenvalue weighted by Crippen LogP contribution is -2.38. The van der Waals surface area contributed by atoms with Gasteiger partial charge < -0.3 is 10.6 Å².